The second kappa shape index (κ2) is 2.67. The van der Waals surface area contributed by atoms with Crippen molar-refractivity contribution in [2.24, 2.45) is 0 Å². The van der Waals surface area contributed by atoms with Gasteiger partial charge in [-0.05, 0) is 18.1 Å². The Hall–Kier alpha value is -0.550. The maximum absolute atomic E-state index is 4.77. The molecule has 0 atom stereocenters. The predicted molar refractivity (Wildman–Crippen MR) is 28.4 cm³/mol. The lowest BCUT2D eigenvalue weighted by molar-refractivity contribution is 0.420. The molecule has 0 saturated carbocycles. The van der Waals surface area contributed by atoms with Crippen LogP contribution in [0.3, 0.4) is 0 Å². The first kappa shape index (κ1) is 5.45. The van der Waals surface area contributed by atoms with Gasteiger partial charge in [0.25, 0.3) is 0 Å². The highest BCUT2D eigenvalue weighted by Crippen LogP contribution is 1.69. The second-order valence-corrected chi connectivity index (χ2v) is 1.01. The smallest absolute Gasteiger partial charge is 0.236 e. The van der Waals surface area contributed by atoms with Crippen LogP contribution in [-0.4, -0.2) is 12.2 Å². The highest BCUT2D eigenvalue weighted by Gasteiger charge is 1.76. The molecule has 0 aliphatic rings. The fourth-order valence-electron chi connectivity index (χ4n) is 0.0589. The van der Waals surface area contributed by atoms with Gasteiger partial charge in [0, 0.05) is 0 Å². The molecule has 0 rings (SSSR count). The van der Waals surface area contributed by atoms with Crippen LogP contribution in [0, 0.1) is 12.3 Å². The van der Waals surface area contributed by atoms with Crippen molar-refractivity contribution in [3.05, 3.63) is 0 Å². The minimum atomic E-state index is 0.204. The third kappa shape index (κ3) is 1.74. The zero-order valence-corrected chi connectivity index (χ0v) is 4.21. The van der Waals surface area contributed by atoms with E-state index >= 15 is 0 Å². The summed E-state index contributed by atoms with van der Waals surface area (Å²) in [5.41, 5.74) is 0. The highest BCUT2D eigenvalue weighted by atomic mass is 32.1. The summed E-state index contributed by atoms with van der Waals surface area (Å²) in [4.78, 5) is 0. The van der Waals surface area contributed by atoms with Crippen LogP contribution in [0.2, 0.25) is 0 Å². The van der Waals surface area contributed by atoms with Crippen LogP contribution in [0.15, 0.2) is 0 Å². The minimum absolute atomic E-state index is 0.204. The summed E-state index contributed by atoms with van der Waals surface area (Å²) in [6, 6.07) is 0. The molecule has 32 valence electrons. The average Bonchev–Trinajstić information content (AvgIpc) is 1.65. The first-order valence-corrected chi connectivity index (χ1v) is 1.76. The molecule has 1 nitrogen and oxygen atoms in total. The van der Waals surface area contributed by atoms with Crippen molar-refractivity contribution in [2.75, 3.05) is 7.11 Å². The summed E-state index contributed by atoms with van der Waals surface area (Å²) < 4.78 is 4.39. The van der Waals surface area contributed by atoms with Gasteiger partial charge in [-0.15, -0.1) is 6.42 Å². The molecule has 0 aliphatic heterocycles. The third-order valence-electron chi connectivity index (χ3n) is 0.303. The van der Waals surface area contributed by atoms with Gasteiger partial charge in [0.2, 0.25) is 5.05 Å². The van der Waals surface area contributed by atoms with Crippen molar-refractivity contribution in [3.8, 4) is 12.3 Å². The second-order valence-electron chi connectivity index (χ2n) is 0.636. The van der Waals surface area contributed by atoms with Crippen LogP contribution >= 0.6 is 12.2 Å². The molecule has 0 aromatic rings. The summed E-state index contributed by atoms with van der Waals surface area (Å²) in [7, 11) is 1.45. The van der Waals surface area contributed by atoms with E-state index in [9.17, 15) is 0 Å². The van der Waals surface area contributed by atoms with Gasteiger partial charge in [-0.2, -0.15) is 0 Å². The topological polar surface area (TPSA) is 9.23 Å². The molecule has 0 saturated heterocycles. The van der Waals surface area contributed by atoms with Crippen molar-refractivity contribution in [1.29, 1.82) is 0 Å². The van der Waals surface area contributed by atoms with Gasteiger partial charge < -0.3 is 4.74 Å². The molecule has 0 amide bonds. The molecule has 6 heavy (non-hydrogen) atoms. The van der Waals surface area contributed by atoms with Gasteiger partial charge in [-0.25, -0.2) is 0 Å². The molecule has 0 N–H and O–H groups in total. The summed E-state index contributed by atoms with van der Waals surface area (Å²) in [5, 5.41) is 0.204. The molecule has 2 heteroatoms. The first-order valence-electron chi connectivity index (χ1n) is 1.36. The van der Waals surface area contributed by atoms with E-state index in [0.29, 0.717) is 0 Å². The molecule has 0 unspecified atom stereocenters. The molecular weight excluding hydrogens is 96.1 g/mol. The van der Waals surface area contributed by atoms with E-state index in [1.807, 2.05) is 0 Å². The normalized spacial score (nSPS) is 6.00. The van der Waals surface area contributed by atoms with E-state index in [0.717, 1.165) is 0 Å². The number of ether oxygens (including phenoxy) is 1. The van der Waals surface area contributed by atoms with Gasteiger partial charge in [0.05, 0.1) is 7.11 Å². The number of hydrogen-bond donors (Lipinski definition) is 0. The van der Waals surface area contributed by atoms with Crippen LogP contribution in [0.1, 0.15) is 0 Å². The Labute approximate surface area is 42.3 Å². The zero-order valence-electron chi connectivity index (χ0n) is 3.39. The Morgan fingerprint density at radius 1 is 2.00 bits per heavy atom. The number of hydrogen-bond acceptors (Lipinski definition) is 2. The molecule has 0 bridgehead atoms. The molecule has 0 aliphatic carbocycles. The van der Waals surface area contributed by atoms with Gasteiger partial charge in [-0.3, -0.25) is 0 Å². The Morgan fingerprint density at radius 3 is 2.50 bits per heavy atom. The average molecular weight is 100 g/mol. The van der Waals surface area contributed by atoms with Crippen molar-refractivity contribution < 1.29 is 4.74 Å². The molecular formula is C4H4OS. The van der Waals surface area contributed by atoms with Gasteiger partial charge in [0.1, 0.15) is 0 Å². The summed E-state index contributed by atoms with van der Waals surface area (Å²) in [6.45, 7) is 0. The molecule has 0 radical (unpaired) electrons. The summed E-state index contributed by atoms with van der Waals surface area (Å²) in [6.07, 6.45) is 4.77. The number of methoxy groups -OCH3 is 1. The SMILES string of the molecule is C#CC(=S)OC. The van der Waals surface area contributed by atoms with Crippen LogP contribution in [0.4, 0.5) is 0 Å². The predicted octanol–water partition coefficient (Wildman–Crippen LogP) is 0.593. The van der Waals surface area contributed by atoms with Crippen LogP contribution in [-0.2, 0) is 4.74 Å². The molecule has 0 spiro atoms. The largest absolute Gasteiger partial charge is 0.480 e. The lowest BCUT2D eigenvalue weighted by Gasteiger charge is -1.84. The Bertz CT molecular complexity index is 90.2. The van der Waals surface area contributed by atoms with Crippen LogP contribution in [0.5, 0.6) is 0 Å². The van der Waals surface area contributed by atoms with E-state index in [-0.39, 0.29) is 5.05 Å². The maximum Gasteiger partial charge on any atom is 0.236 e. The Morgan fingerprint density at radius 2 is 2.50 bits per heavy atom. The fourth-order valence-corrected chi connectivity index (χ4v) is 0.0589. The van der Waals surface area contributed by atoms with E-state index in [2.05, 4.69) is 22.9 Å². The zero-order chi connectivity index (χ0) is 4.99. The Kier molecular flexibility index (Phi) is 2.43. The monoisotopic (exact) mass is 100.0 g/mol. The lowest BCUT2D eigenvalue weighted by atomic mass is 10.8. The van der Waals surface area contributed by atoms with Gasteiger partial charge >= 0.3 is 0 Å². The summed E-state index contributed by atoms with van der Waals surface area (Å²) in [5.74, 6) is 2.12. The third-order valence-corrected chi connectivity index (χ3v) is 0.588. The van der Waals surface area contributed by atoms with Crippen molar-refractivity contribution in [2.45, 2.75) is 0 Å². The van der Waals surface area contributed by atoms with E-state index in [4.69, 9.17) is 6.42 Å². The molecule has 0 aromatic heterocycles. The van der Waals surface area contributed by atoms with E-state index in [1.54, 1.807) is 0 Å². The van der Waals surface area contributed by atoms with Gasteiger partial charge in [0.15, 0.2) is 0 Å². The maximum atomic E-state index is 4.77. The number of thiocarbonyl (C=S) groups is 1. The first-order chi connectivity index (χ1) is 2.81. The number of rotatable bonds is 0. The highest BCUT2D eigenvalue weighted by molar-refractivity contribution is 7.80. The number of terminal acetylenes is 1. The van der Waals surface area contributed by atoms with Crippen molar-refractivity contribution in [1.82, 2.24) is 0 Å². The quantitative estimate of drug-likeness (QED) is 0.325. The van der Waals surface area contributed by atoms with E-state index < -0.39 is 0 Å². The van der Waals surface area contributed by atoms with Crippen LogP contribution in [0.25, 0.3) is 0 Å². The van der Waals surface area contributed by atoms with E-state index in [1.165, 1.54) is 7.11 Å². The molecule has 0 heterocycles. The lowest BCUT2D eigenvalue weighted by Crippen LogP contribution is -1.88. The summed E-state index contributed by atoms with van der Waals surface area (Å²) >= 11 is 4.40. The van der Waals surface area contributed by atoms with Crippen molar-refractivity contribution >= 4 is 17.3 Å². The van der Waals surface area contributed by atoms with Crippen LogP contribution < -0.4 is 0 Å². The fraction of sp³-hybridized carbons (Fsp3) is 0.250. The van der Waals surface area contributed by atoms with Crippen molar-refractivity contribution in [3.63, 3.8) is 0 Å². The van der Waals surface area contributed by atoms with Gasteiger partial charge in [-0.1, -0.05) is 0 Å². The Balaban J connectivity index is 3.33. The molecule has 0 aromatic carbocycles. The standard InChI is InChI=1S/C4H4OS/c1-3-4(6)5-2/h1H,2H3. The molecule has 0 fully saturated rings. The minimum Gasteiger partial charge on any atom is -0.480 e.